The van der Waals surface area contributed by atoms with Crippen molar-refractivity contribution in [2.24, 2.45) is 5.92 Å². The smallest absolute Gasteiger partial charge is 0.166 e. The fraction of sp³-hybridized carbons (Fsp3) is 0.312. The molecule has 0 radical (unpaired) electrons. The van der Waals surface area contributed by atoms with Crippen LogP contribution in [0.4, 0.5) is 0 Å². The van der Waals surface area contributed by atoms with Gasteiger partial charge >= 0.3 is 0 Å². The lowest BCUT2D eigenvalue weighted by atomic mass is 9.79. The largest absolute Gasteiger partial charge is 0.294 e. The predicted molar refractivity (Wildman–Crippen MR) is 70.4 cm³/mol. The highest BCUT2D eigenvalue weighted by molar-refractivity contribution is 6.10. The van der Waals surface area contributed by atoms with Crippen LogP contribution in [0.25, 0.3) is 10.8 Å². The molecule has 3 rings (SSSR count). The van der Waals surface area contributed by atoms with E-state index in [2.05, 4.69) is 25.1 Å². The molecule has 1 aliphatic carbocycles. The number of benzene rings is 2. The van der Waals surface area contributed by atoms with Crippen molar-refractivity contribution in [3.8, 4) is 0 Å². The van der Waals surface area contributed by atoms with E-state index in [0.717, 1.165) is 23.8 Å². The summed E-state index contributed by atoms with van der Waals surface area (Å²) in [7, 11) is 0. The third kappa shape index (κ3) is 1.66. The highest BCUT2D eigenvalue weighted by atomic mass is 16.1. The van der Waals surface area contributed by atoms with Crippen LogP contribution in [0, 0.1) is 12.8 Å². The molecule has 0 amide bonds. The summed E-state index contributed by atoms with van der Waals surface area (Å²) in [6.45, 7) is 2.10. The Morgan fingerprint density at radius 3 is 2.41 bits per heavy atom. The number of hydrogen-bond acceptors (Lipinski definition) is 1. The van der Waals surface area contributed by atoms with Gasteiger partial charge < -0.3 is 0 Å². The molecule has 0 bridgehead atoms. The fourth-order valence-electron chi connectivity index (χ4n) is 2.55. The molecule has 0 atom stereocenters. The third-order valence-electron chi connectivity index (χ3n) is 3.88. The molecule has 0 N–H and O–H groups in total. The van der Waals surface area contributed by atoms with Gasteiger partial charge in [0.15, 0.2) is 5.78 Å². The average Bonchev–Trinajstić information content (AvgIpc) is 2.27. The second kappa shape index (κ2) is 3.99. The van der Waals surface area contributed by atoms with Gasteiger partial charge in [0, 0.05) is 11.5 Å². The van der Waals surface area contributed by atoms with Crippen molar-refractivity contribution in [1.82, 2.24) is 0 Å². The molecule has 1 aliphatic rings. The molecule has 2 aromatic rings. The lowest BCUT2D eigenvalue weighted by molar-refractivity contribution is 0.0857. The van der Waals surface area contributed by atoms with Crippen molar-refractivity contribution in [1.29, 1.82) is 0 Å². The molecule has 0 heterocycles. The van der Waals surface area contributed by atoms with Gasteiger partial charge in [-0.1, -0.05) is 42.8 Å². The Balaban J connectivity index is 2.16. The van der Waals surface area contributed by atoms with Crippen molar-refractivity contribution in [3.05, 3.63) is 47.5 Å². The molecule has 1 saturated carbocycles. The first kappa shape index (κ1) is 10.5. The summed E-state index contributed by atoms with van der Waals surface area (Å²) in [4.78, 5) is 12.4. The Hall–Kier alpha value is -1.63. The zero-order chi connectivity index (χ0) is 11.8. The summed E-state index contributed by atoms with van der Waals surface area (Å²) >= 11 is 0. The number of aryl methyl sites for hydroxylation is 1. The first-order valence-electron chi connectivity index (χ1n) is 6.30. The normalized spacial score (nSPS) is 15.8. The number of rotatable bonds is 2. The lowest BCUT2D eigenvalue weighted by Crippen LogP contribution is -2.22. The number of carbonyl (C=O) groups excluding carboxylic acids is 1. The Morgan fingerprint density at radius 1 is 1.06 bits per heavy atom. The van der Waals surface area contributed by atoms with Gasteiger partial charge in [0.1, 0.15) is 0 Å². The summed E-state index contributed by atoms with van der Waals surface area (Å²) < 4.78 is 0. The molecule has 1 heteroatoms. The second-order valence-corrected chi connectivity index (χ2v) is 4.97. The van der Waals surface area contributed by atoms with Crippen LogP contribution in [0.3, 0.4) is 0 Å². The zero-order valence-electron chi connectivity index (χ0n) is 10.1. The molecule has 2 aromatic carbocycles. The summed E-state index contributed by atoms with van der Waals surface area (Å²) in [5.74, 6) is 0.619. The van der Waals surface area contributed by atoms with Gasteiger partial charge in [-0.3, -0.25) is 4.79 Å². The zero-order valence-corrected chi connectivity index (χ0v) is 10.1. The maximum Gasteiger partial charge on any atom is 0.166 e. The standard InChI is InChI=1S/C16H16O/c1-11-9-10-15(16(17)12-5-4-6-12)14-8-3-2-7-13(11)14/h2-3,7-10,12H,4-6H2,1H3. The Kier molecular flexibility index (Phi) is 2.47. The van der Waals surface area contributed by atoms with Gasteiger partial charge in [0.05, 0.1) is 0 Å². The number of Topliss-reactive ketones (excluding diaryl/α,β-unsaturated/α-hetero) is 1. The number of ketones is 1. The van der Waals surface area contributed by atoms with Crippen LogP contribution in [0.2, 0.25) is 0 Å². The van der Waals surface area contributed by atoms with E-state index in [1.54, 1.807) is 0 Å². The third-order valence-corrected chi connectivity index (χ3v) is 3.88. The van der Waals surface area contributed by atoms with Crippen molar-refractivity contribution in [3.63, 3.8) is 0 Å². The van der Waals surface area contributed by atoms with Crippen LogP contribution in [-0.4, -0.2) is 5.78 Å². The van der Waals surface area contributed by atoms with E-state index in [4.69, 9.17) is 0 Å². The first-order chi connectivity index (χ1) is 8.27. The van der Waals surface area contributed by atoms with Crippen molar-refractivity contribution in [2.45, 2.75) is 26.2 Å². The SMILES string of the molecule is Cc1ccc(C(=O)C2CCC2)c2ccccc12. The van der Waals surface area contributed by atoms with E-state index in [1.807, 2.05) is 18.2 Å². The van der Waals surface area contributed by atoms with E-state index in [0.29, 0.717) is 5.78 Å². The average molecular weight is 224 g/mol. The number of fused-ring (bicyclic) bond motifs is 1. The Morgan fingerprint density at radius 2 is 1.76 bits per heavy atom. The fourth-order valence-corrected chi connectivity index (χ4v) is 2.55. The van der Waals surface area contributed by atoms with Gasteiger partial charge in [0.25, 0.3) is 0 Å². The van der Waals surface area contributed by atoms with Crippen molar-refractivity contribution >= 4 is 16.6 Å². The van der Waals surface area contributed by atoms with Crippen LogP contribution in [-0.2, 0) is 0 Å². The van der Waals surface area contributed by atoms with Gasteiger partial charge in [-0.2, -0.15) is 0 Å². The molecule has 0 aromatic heterocycles. The van der Waals surface area contributed by atoms with E-state index < -0.39 is 0 Å². The van der Waals surface area contributed by atoms with Crippen LogP contribution in [0.1, 0.15) is 35.2 Å². The molecule has 0 unspecified atom stereocenters. The molecular weight excluding hydrogens is 208 g/mol. The van der Waals surface area contributed by atoms with E-state index in [-0.39, 0.29) is 5.92 Å². The van der Waals surface area contributed by atoms with Crippen LogP contribution in [0.5, 0.6) is 0 Å². The Bertz CT molecular complexity index is 579. The van der Waals surface area contributed by atoms with E-state index in [1.165, 1.54) is 17.4 Å². The molecule has 0 spiro atoms. The van der Waals surface area contributed by atoms with Gasteiger partial charge in [-0.25, -0.2) is 0 Å². The number of hydrogen-bond donors (Lipinski definition) is 0. The van der Waals surface area contributed by atoms with Gasteiger partial charge in [0.2, 0.25) is 0 Å². The topological polar surface area (TPSA) is 17.1 Å². The van der Waals surface area contributed by atoms with Gasteiger partial charge in [-0.05, 0) is 36.1 Å². The summed E-state index contributed by atoms with van der Waals surface area (Å²) in [6, 6.07) is 12.3. The van der Waals surface area contributed by atoms with Crippen LogP contribution in [0.15, 0.2) is 36.4 Å². The van der Waals surface area contributed by atoms with Gasteiger partial charge in [-0.15, -0.1) is 0 Å². The number of carbonyl (C=O) groups is 1. The maximum absolute atomic E-state index is 12.4. The monoisotopic (exact) mass is 224 g/mol. The second-order valence-electron chi connectivity index (χ2n) is 4.97. The quantitative estimate of drug-likeness (QED) is 0.701. The summed E-state index contributed by atoms with van der Waals surface area (Å²) in [5, 5.41) is 2.32. The molecular formula is C16H16O. The highest BCUT2D eigenvalue weighted by Crippen LogP contribution is 2.32. The van der Waals surface area contributed by atoms with Crippen LogP contribution >= 0.6 is 0 Å². The molecule has 17 heavy (non-hydrogen) atoms. The summed E-state index contributed by atoms with van der Waals surface area (Å²) in [5.41, 5.74) is 2.15. The molecule has 0 aliphatic heterocycles. The Labute approximate surface area is 101 Å². The van der Waals surface area contributed by atoms with Crippen molar-refractivity contribution < 1.29 is 4.79 Å². The predicted octanol–water partition coefficient (Wildman–Crippen LogP) is 4.13. The van der Waals surface area contributed by atoms with E-state index in [9.17, 15) is 4.79 Å². The minimum absolute atomic E-state index is 0.279. The van der Waals surface area contributed by atoms with Crippen LogP contribution < -0.4 is 0 Å². The molecule has 1 fully saturated rings. The summed E-state index contributed by atoms with van der Waals surface area (Å²) in [6.07, 6.45) is 3.35. The maximum atomic E-state index is 12.4. The van der Waals surface area contributed by atoms with Crippen molar-refractivity contribution in [2.75, 3.05) is 0 Å². The first-order valence-corrected chi connectivity index (χ1v) is 6.30. The molecule has 86 valence electrons. The molecule has 0 saturated heterocycles. The van der Waals surface area contributed by atoms with E-state index >= 15 is 0 Å². The minimum atomic E-state index is 0.279. The minimum Gasteiger partial charge on any atom is -0.294 e. The lowest BCUT2D eigenvalue weighted by Gasteiger charge is -2.24. The molecule has 1 nitrogen and oxygen atoms in total. The highest BCUT2D eigenvalue weighted by Gasteiger charge is 2.27.